The lowest BCUT2D eigenvalue weighted by atomic mass is 9.99. The molecule has 0 spiro atoms. The molecule has 1 aliphatic rings. The Morgan fingerprint density at radius 2 is 1.72 bits per heavy atom. The van der Waals surface area contributed by atoms with Crippen LogP contribution in [0.1, 0.15) is 12.0 Å². The number of rotatable bonds is 6. The molecule has 5 atom stereocenters. The third-order valence-electron chi connectivity index (χ3n) is 5.68. The molecule has 0 bridgehead atoms. The zero-order chi connectivity index (χ0) is 26.3. The number of phenols is 2. The summed E-state index contributed by atoms with van der Waals surface area (Å²) in [5.41, 5.74) is -0.300. The molecular formula is C23H22O13. The molecule has 0 saturated carbocycles. The number of carboxylic acids is 1. The van der Waals surface area contributed by atoms with Crippen molar-refractivity contribution in [3.63, 3.8) is 0 Å². The summed E-state index contributed by atoms with van der Waals surface area (Å²) < 4.78 is 21.0. The zero-order valence-electron chi connectivity index (χ0n) is 18.7. The van der Waals surface area contributed by atoms with E-state index in [-0.39, 0.29) is 27.9 Å². The van der Waals surface area contributed by atoms with E-state index in [1.54, 1.807) is 6.92 Å². The topological polar surface area (TPSA) is 213 Å². The van der Waals surface area contributed by atoms with Crippen LogP contribution in [-0.4, -0.2) is 79.9 Å². The van der Waals surface area contributed by atoms with Gasteiger partial charge in [-0.3, -0.25) is 9.59 Å². The molecule has 1 fully saturated rings. The maximum atomic E-state index is 12.5. The van der Waals surface area contributed by atoms with Crippen LogP contribution in [0.2, 0.25) is 0 Å². The molecular weight excluding hydrogens is 484 g/mol. The largest absolute Gasteiger partial charge is 0.508 e. The minimum absolute atomic E-state index is 0.0530. The van der Waals surface area contributed by atoms with Crippen LogP contribution < -0.4 is 10.4 Å². The van der Waals surface area contributed by atoms with Gasteiger partial charge in [-0.2, -0.15) is 0 Å². The minimum atomic E-state index is -1.79. The summed E-state index contributed by atoms with van der Waals surface area (Å²) in [4.78, 5) is 34.6. The third kappa shape index (κ3) is 4.77. The number of ether oxygens (including phenoxy) is 3. The molecule has 13 heteroatoms. The molecule has 1 aromatic heterocycles. The number of phenolic OH excluding ortho intramolecular Hbond substituents is 2. The number of aliphatic hydroxyl groups is 3. The van der Waals surface area contributed by atoms with E-state index < -0.39 is 67.0 Å². The molecule has 192 valence electrons. The van der Waals surface area contributed by atoms with Crippen molar-refractivity contribution < 1.29 is 58.9 Å². The zero-order valence-corrected chi connectivity index (χ0v) is 18.7. The van der Waals surface area contributed by atoms with E-state index in [4.69, 9.17) is 23.7 Å². The highest BCUT2D eigenvalue weighted by atomic mass is 16.7. The van der Waals surface area contributed by atoms with Crippen LogP contribution in [0.25, 0.3) is 21.7 Å². The average Bonchev–Trinajstić information content (AvgIpc) is 2.77. The standard InChI is InChI=1S/C23H22O13/c1-8-2-9(24)3-13-17(8)11-4-10(5-12(25)18(11)22(32)35-13)34-23-21(31)20(30)19(29)14(36-23)7-33-16(28)6-15(26)27/h2-5,14,19-21,23-25,29-31H,6-7H2,1H3,(H,26,27)/t14-,19-,20+,21-,23-/m1/s1. The van der Waals surface area contributed by atoms with Crippen molar-refractivity contribution in [2.45, 2.75) is 44.1 Å². The first-order valence-electron chi connectivity index (χ1n) is 10.6. The van der Waals surface area contributed by atoms with Crippen molar-refractivity contribution in [2.24, 2.45) is 0 Å². The lowest BCUT2D eigenvalue weighted by Crippen LogP contribution is -2.60. The van der Waals surface area contributed by atoms with E-state index in [2.05, 4.69) is 0 Å². The molecule has 0 aliphatic carbocycles. The molecule has 2 aromatic carbocycles. The number of carboxylic acid groups (broad SMARTS) is 1. The van der Waals surface area contributed by atoms with Crippen LogP contribution in [-0.2, 0) is 19.1 Å². The lowest BCUT2D eigenvalue weighted by molar-refractivity contribution is -0.278. The van der Waals surface area contributed by atoms with Gasteiger partial charge in [0.1, 0.15) is 65.7 Å². The van der Waals surface area contributed by atoms with Gasteiger partial charge in [0.25, 0.3) is 0 Å². The van der Waals surface area contributed by atoms with Crippen molar-refractivity contribution in [3.05, 3.63) is 40.2 Å². The predicted octanol–water partition coefficient (Wildman–Crippen LogP) is -0.130. The second-order valence-electron chi connectivity index (χ2n) is 8.28. The van der Waals surface area contributed by atoms with Crippen LogP contribution in [0.15, 0.2) is 33.5 Å². The molecule has 36 heavy (non-hydrogen) atoms. The Balaban J connectivity index is 1.66. The normalized spacial score (nSPS) is 24.1. The van der Waals surface area contributed by atoms with Gasteiger partial charge < -0.3 is 49.3 Å². The van der Waals surface area contributed by atoms with Gasteiger partial charge in [-0.1, -0.05) is 0 Å². The van der Waals surface area contributed by atoms with Gasteiger partial charge in [0, 0.05) is 22.9 Å². The van der Waals surface area contributed by atoms with Gasteiger partial charge in [-0.15, -0.1) is 0 Å². The summed E-state index contributed by atoms with van der Waals surface area (Å²) in [5.74, 6) is -3.29. The summed E-state index contributed by atoms with van der Waals surface area (Å²) >= 11 is 0. The van der Waals surface area contributed by atoms with Crippen LogP contribution in [0.4, 0.5) is 0 Å². The number of hydrogen-bond donors (Lipinski definition) is 6. The highest BCUT2D eigenvalue weighted by Crippen LogP contribution is 2.36. The molecule has 2 heterocycles. The van der Waals surface area contributed by atoms with Crippen molar-refractivity contribution in [1.82, 2.24) is 0 Å². The second-order valence-corrected chi connectivity index (χ2v) is 8.28. The Kier molecular flexibility index (Phi) is 6.73. The first-order valence-corrected chi connectivity index (χ1v) is 10.6. The van der Waals surface area contributed by atoms with Crippen molar-refractivity contribution in [1.29, 1.82) is 0 Å². The molecule has 1 saturated heterocycles. The van der Waals surface area contributed by atoms with E-state index in [0.717, 1.165) is 6.07 Å². The van der Waals surface area contributed by atoms with Crippen LogP contribution in [0.3, 0.4) is 0 Å². The summed E-state index contributed by atoms with van der Waals surface area (Å²) in [7, 11) is 0. The van der Waals surface area contributed by atoms with Gasteiger partial charge in [0.15, 0.2) is 0 Å². The quantitative estimate of drug-likeness (QED) is 0.111. The smallest absolute Gasteiger partial charge is 0.347 e. The van der Waals surface area contributed by atoms with Gasteiger partial charge in [-0.25, -0.2) is 4.79 Å². The highest BCUT2D eigenvalue weighted by molar-refractivity contribution is 6.08. The first-order chi connectivity index (χ1) is 17.0. The molecule has 1 aliphatic heterocycles. The number of fused-ring (bicyclic) bond motifs is 3. The third-order valence-corrected chi connectivity index (χ3v) is 5.68. The fourth-order valence-corrected chi connectivity index (χ4v) is 4.03. The number of hydrogen-bond acceptors (Lipinski definition) is 12. The minimum Gasteiger partial charge on any atom is -0.508 e. The molecule has 13 nitrogen and oxygen atoms in total. The molecule has 6 N–H and O–H groups in total. The van der Waals surface area contributed by atoms with Crippen molar-refractivity contribution in [3.8, 4) is 17.2 Å². The second kappa shape index (κ2) is 9.62. The van der Waals surface area contributed by atoms with E-state index in [0.29, 0.717) is 10.9 Å². The highest BCUT2D eigenvalue weighted by Gasteiger charge is 2.45. The summed E-state index contributed by atoms with van der Waals surface area (Å²) in [6, 6.07) is 5.06. The van der Waals surface area contributed by atoms with Gasteiger partial charge in [0.05, 0.1) is 0 Å². The molecule has 0 amide bonds. The van der Waals surface area contributed by atoms with Gasteiger partial charge in [-0.05, 0) is 24.6 Å². The van der Waals surface area contributed by atoms with Crippen LogP contribution in [0.5, 0.6) is 17.2 Å². The maximum absolute atomic E-state index is 12.5. The number of benzene rings is 2. The maximum Gasteiger partial charge on any atom is 0.347 e. The molecule has 0 unspecified atom stereocenters. The fourth-order valence-electron chi connectivity index (χ4n) is 4.03. The van der Waals surface area contributed by atoms with E-state index >= 15 is 0 Å². The summed E-state index contributed by atoms with van der Waals surface area (Å²) in [6.07, 6.45) is -9.22. The van der Waals surface area contributed by atoms with Gasteiger partial charge >= 0.3 is 17.6 Å². The first kappa shape index (κ1) is 25.2. The molecule has 0 radical (unpaired) electrons. The number of aromatic hydroxyl groups is 2. The van der Waals surface area contributed by atoms with Crippen LogP contribution in [0, 0.1) is 6.92 Å². The number of esters is 1. The SMILES string of the molecule is Cc1cc(O)cc2oc(=O)c3c(O)cc(O[C@@H]4O[C@H](COC(=O)CC(=O)O)[C@@H](O)[C@H](O)[C@H]4O)cc3c12. The predicted molar refractivity (Wildman–Crippen MR) is 119 cm³/mol. The summed E-state index contributed by atoms with van der Waals surface area (Å²) in [6.45, 7) is 1.00. The Bertz CT molecular complexity index is 1390. The van der Waals surface area contributed by atoms with Crippen molar-refractivity contribution in [2.75, 3.05) is 6.61 Å². The van der Waals surface area contributed by atoms with Crippen LogP contribution >= 0.6 is 0 Å². The number of aliphatic carboxylic acids is 1. The fraction of sp³-hybridized carbons (Fsp3) is 0.348. The Labute approximate surface area is 201 Å². The molecule has 4 rings (SSSR count). The lowest BCUT2D eigenvalue weighted by Gasteiger charge is -2.39. The van der Waals surface area contributed by atoms with E-state index in [1.807, 2.05) is 0 Å². The summed E-state index contributed by atoms with van der Waals surface area (Å²) in [5, 5.41) is 60.2. The average molecular weight is 506 g/mol. The van der Waals surface area contributed by atoms with Crippen molar-refractivity contribution >= 4 is 33.7 Å². The van der Waals surface area contributed by atoms with Gasteiger partial charge in [0.2, 0.25) is 6.29 Å². The number of carbonyl (C=O) groups is 2. The van der Waals surface area contributed by atoms with E-state index in [9.17, 15) is 39.9 Å². The Morgan fingerprint density at radius 1 is 1.00 bits per heavy atom. The Hall–Kier alpha value is -3.91. The number of aryl methyl sites for hydroxylation is 1. The Morgan fingerprint density at radius 3 is 2.42 bits per heavy atom. The monoisotopic (exact) mass is 506 g/mol. The number of aliphatic hydroxyl groups excluding tert-OH is 3. The van der Waals surface area contributed by atoms with E-state index in [1.165, 1.54) is 18.2 Å². The number of carbonyl (C=O) groups excluding carboxylic acids is 1. The molecule has 3 aromatic rings.